The smallest absolute Gasteiger partial charge is 0.257 e. The number of ether oxygens (including phenoxy) is 1. The van der Waals surface area contributed by atoms with Crippen LogP contribution < -0.4 is 15.4 Å². The van der Waals surface area contributed by atoms with Gasteiger partial charge in [-0.15, -0.1) is 0 Å². The van der Waals surface area contributed by atoms with Crippen molar-refractivity contribution < 1.29 is 9.53 Å². The number of carbonyl (C=O) groups excluding carboxylic acids is 1. The summed E-state index contributed by atoms with van der Waals surface area (Å²) in [5, 5.41) is 6.10. The summed E-state index contributed by atoms with van der Waals surface area (Å²) in [4.78, 5) is 11.9. The molecule has 0 bridgehead atoms. The average molecular weight is 296 g/mol. The Balaban J connectivity index is 1.59. The maximum atomic E-state index is 11.9. The first kappa shape index (κ1) is 14.6. The molecule has 0 aliphatic carbocycles. The summed E-state index contributed by atoms with van der Waals surface area (Å²) >= 11 is 0. The van der Waals surface area contributed by atoms with Crippen LogP contribution in [-0.4, -0.2) is 32.1 Å². The van der Waals surface area contributed by atoms with Gasteiger partial charge in [0.25, 0.3) is 5.91 Å². The number of hydrogen-bond donors (Lipinski definition) is 2. The van der Waals surface area contributed by atoms with Crippen LogP contribution in [0.1, 0.15) is 0 Å². The van der Waals surface area contributed by atoms with Gasteiger partial charge in [-0.1, -0.05) is 48.5 Å². The summed E-state index contributed by atoms with van der Waals surface area (Å²) in [5.74, 6) is 1.21. The lowest BCUT2D eigenvalue weighted by atomic mass is 10.0. The molecule has 0 spiro atoms. The van der Waals surface area contributed by atoms with Gasteiger partial charge >= 0.3 is 0 Å². The minimum Gasteiger partial charge on any atom is -0.483 e. The van der Waals surface area contributed by atoms with Crippen LogP contribution in [0, 0.1) is 5.92 Å². The molecule has 0 saturated carbocycles. The molecule has 4 nitrogen and oxygen atoms in total. The molecule has 1 heterocycles. The van der Waals surface area contributed by atoms with Crippen molar-refractivity contribution in [2.45, 2.75) is 0 Å². The van der Waals surface area contributed by atoms with Crippen molar-refractivity contribution >= 4 is 5.91 Å². The molecule has 2 aromatic rings. The molecule has 4 heteroatoms. The summed E-state index contributed by atoms with van der Waals surface area (Å²) in [6.07, 6.45) is 0. The number of rotatable bonds is 6. The van der Waals surface area contributed by atoms with E-state index in [1.54, 1.807) is 0 Å². The van der Waals surface area contributed by atoms with Crippen molar-refractivity contribution in [2.75, 3.05) is 26.2 Å². The van der Waals surface area contributed by atoms with Gasteiger partial charge in [0.05, 0.1) is 0 Å². The third kappa shape index (κ3) is 3.65. The summed E-state index contributed by atoms with van der Waals surface area (Å²) in [7, 11) is 0. The first-order valence-electron chi connectivity index (χ1n) is 7.57. The zero-order valence-electron chi connectivity index (χ0n) is 12.4. The molecule has 0 radical (unpaired) electrons. The van der Waals surface area contributed by atoms with E-state index in [-0.39, 0.29) is 12.5 Å². The Bertz CT molecular complexity index is 624. The molecule has 1 aliphatic rings. The molecular weight excluding hydrogens is 276 g/mol. The van der Waals surface area contributed by atoms with Crippen molar-refractivity contribution in [3.8, 4) is 16.9 Å². The van der Waals surface area contributed by atoms with E-state index in [2.05, 4.69) is 10.6 Å². The van der Waals surface area contributed by atoms with Gasteiger partial charge < -0.3 is 15.4 Å². The van der Waals surface area contributed by atoms with E-state index in [1.165, 1.54) is 0 Å². The summed E-state index contributed by atoms with van der Waals surface area (Å²) in [6, 6.07) is 17.8. The van der Waals surface area contributed by atoms with Crippen LogP contribution in [0.25, 0.3) is 11.1 Å². The van der Waals surface area contributed by atoms with Crippen LogP contribution >= 0.6 is 0 Å². The minimum absolute atomic E-state index is 0.0456. The molecule has 1 aliphatic heterocycles. The van der Waals surface area contributed by atoms with E-state index >= 15 is 0 Å². The SMILES string of the molecule is O=C(COc1ccccc1-c1ccccc1)NCC1CNC1. The fraction of sp³-hybridized carbons (Fsp3) is 0.278. The van der Waals surface area contributed by atoms with Gasteiger partial charge in [0.15, 0.2) is 6.61 Å². The summed E-state index contributed by atoms with van der Waals surface area (Å²) < 4.78 is 5.71. The maximum Gasteiger partial charge on any atom is 0.257 e. The van der Waals surface area contributed by atoms with E-state index in [4.69, 9.17) is 4.74 Å². The molecule has 0 atom stereocenters. The minimum atomic E-state index is -0.0743. The first-order chi connectivity index (χ1) is 10.8. The van der Waals surface area contributed by atoms with Crippen molar-refractivity contribution in [1.82, 2.24) is 10.6 Å². The quantitative estimate of drug-likeness (QED) is 0.858. The van der Waals surface area contributed by atoms with Crippen LogP contribution in [0.2, 0.25) is 0 Å². The number of hydrogen-bond acceptors (Lipinski definition) is 3. The largest absolute Gasteiger partial charge is 0.483 e. The Morgan fingerprint density at radius 2 is 1.82 bits per heavy atom. The first-order valence-corrected chi connectivity index (χ1v) is 7.57. The molecule has 3 rings (SSSR count). The highest BCUT2D eigenvalue weighted by Crippen LogP contribution is 2.29. The molecule has 1 fully saturated rings. The molecule has 2 aromatic carbocycles. The summed E-state index contributed by atoms with van der Waals surface area (Å²) in [6.45, 7) is 2.73. The topological polar surface area (TPSA) is 50.4 Å². The van der Waals surface area contributed by atoms with Crippen molar-refractivity contribution in [2.24, 2.45) is 5.92 Å². The fourth-order valence-electron chi connectivity index (χ4n) is 2.39. The van der Waals surface area contributed by atoms with Crippen LogP contribution in [0.15, 0.2) is 54.6 Å². The third-order valence-corrected chi connectivity index (χ3v) is 3.78. The number of para-hydroxylation sites is 1. The predicted molar refractivity (Wildman–Crippen MR) is 86.7 cm³/mol. The Hall–Kier alpha value is -2.33. The normalized spacial score (nSPS) is 14.2. The lowest BCUT2D eigenvalue weighted by Gasteiger charge is -2.27. The second-order valence-corrected chi connectivity index (χ2v) is 5.48. The number of carbonyl (C=O) groups is 1. The standard InChI is InChI=1S/C18H20N2O2/c21-18(20-12-14-10-19-11-14)13-22-17-9-5-4-8-16(17)15-6-2-1-3-7-15/h1-9,14,19H,10-13H2,(H,20,21). The molecule has 1 amide bonds. The van der Waals surface area contributed by atoms with Crippen molar-refractivity contribution in [1.29, 1.82) is 0 Å². The van der Waals surface area contributed by atoms with Crippen molar-refractivity contribution in [3.63, 3.8) is 0 Å². The van der Waals surface area contributed by atoms with Gasteiger partial charge in [-0.2, -0.15) is 0 Å². The zero-order valence-corrected chi connectivity index (χ0v) is 12.4. The molecule has 114 valence electrons. The molecule has 22 heavy (non-hydrogen) atoms. The lowest BCUT2D eigenvalue weighted by molar-refractivity contribution is -0.123. The molecular formula is C18H20N2O2. The third-order valence-electron chi connectivity index (χ3n) is 3.78. The average Bonchev–Trinajstić information content (AvgIpc) is 2.52. The van der Waals surface area contributed by atoms with Crippen LogP contribution in [0.5, 0.6) is 5.75 Å². The second kappa shape index (κ2) is 7.09. The zero-order chi connectivity index (χ0) is 15.2. The van der Waals surface area contributed by atoms with Crippen LogP contribution in [0.4, 0.5) is 0 Å². The van der Waals surface area contributed by atoms with E-state index in [0.29, 0.717) is 5.92 Å². The Labute approximate surface area is 130 Å². The van der Waals surface area contributed by atoms with Crippen LogP contribution in [-0.2, 0) is 4.79 Å². The summed E-state index contributed by atoms with van der Waals surface area (Å²) in [5.41, 5.74) is 2.08. The van der Waals surface area contributed by atoms with E-state index in [0.717, 1.165) is 36.5 Å². The van der Waals surface area contributed by atoms with Gasteiger partial charge in [-0.3, -0.25) is 4.79 Å². The molecule has 0 aromatic heterocycles. The van der Waals surface area contributed by atoms with Crippen molar-refractivity contribution in [3.05, 3.63) is 54.6 Å². The Morgan fingerprint density at radius 1 is 1.09 bits per heavy atom. The maximum absolute atomic E-state index is 11.9. The Morgan fingerprint density at radius 3 is 2.55 bits per heavy atom. The van der Waals surface area contributed by atoms with Gasteiger partial charge in [0.1, 0.15) is 5.75 Å². The monoisotopic (exact) mass is 296 g/mol. The second-order valence-electron chi connectivity index (χ2n) is 5.48. The molecule has 0 unspecified atom stereocenters. The fourth-order valence-corrected chi connectivity index (χ4v) is 2.39. The van der Waals surface area contributed by atoms with Crippen LogP contribution in [0.3, 0.4) is 0 Å². The Kier molecular flexibility index (Phi) is 4.71. The van der Waals surface area contributed by atoms with E-state index < -0.39 is 0 Å². The van der Waals surface area contributed by atoms with Gasteiger partial charge in [0, 0.05) is 31.1 Å². The molecule has 2 N–H and O–H groups in total. The lowest BCUT2D eigenvalue weighted by Crippen LogP contribution is -2.48. The highest BCUT2D eigenvalue weighted by atomic mass is 16.5. The van der Waals surface area contributed by atoms with Gasteiger partial charge in [0.2, 0.25) is 0 Å². The molecule has 1 saturated heterocycles. The highest BCUT2D eigenvalue weighted by molar-refractivity contribution is 5.78. The van der Waals surface area contributed by atoms with Gasteiger partial charge in [-0.25, -0.2) is 0 Å². The predicted octanol–water partition coefficient (Wildman–Crippen LogP) is 2.07. The van der Waals surface area contributed by atoms with Gasteiger partial charge in [-0.05, 0) is 11.6 Å². The number of benzene rings is 2. The number of nitrogens with one attached hydrogen (secondary N) is 2. The van der Waals surface area contributed by atoms with E-state index in [1.807, 2.05) is 54.6 Å². The number of amides is 1. The highest BCUT2D eigenvalue weighted by Gasteiger charge is 2.17. The van der Waals surface area contributed by atoms with E-state index in [9.17, 15) is 4.79 Å².